The quantitative estimate of drug-likeness (QED) is 0.542. The number of halogens is 4. The molecule has 1 atom stereocenters. The molecule has 0 spiro atoms. The van der Waals surface area contributed by atoms with Crippen molar-refractivity contribution in [3.05, 3.63) is 89.5 Å². The molecule has 3 aromatic carbocycles. The largest absolute Gasteiger partial charge is 0.586 e. The van der Waals surface area contributed by atoms with Crippen LogP contribution in [0.2, 0.25) is 0 Å². The van der Waals surface area contributed by atoms with Gasteiger partial charge in [0.05, 0.1) is 12.3 Å². The van der Waals surface area contributed by atoms with E-state index in [2.05, 4.69) is 19.9 Å². The summed E-state index contributed by atoms with van der Waals surface area (Å²) in [5.41, 5.74) is 1.35. The number of nitrogens with one attached hydrogen (secondary N) is 1. The van der Waals surface area contributed by atoms with Crippen molar-refractivity contribution in [1.82, 2.24) is 5.01 Å². The second-order valence-electron chi connectivity index (χ2n) is 7.41. The Morgan fingerprint density at radius 3 is 2.48 bits per heavy atom. The number of fused-ring (bicyclic) bond motifs is 1. The molecule has 0 aromatic heterocycles. The molecule has 1 N–H and O–H groups in total. The van der Waals surface area contributed by atoms with Gasteiger partial charge in [-0.2, -0.15) is 5.10 Å². The van der Waals surface area contributed by atoms with Crippen LogP contribution in [0.4, 0.5) is 28.0 Å². The van der Waals surface area contributed by atoms with Crippen molar-refractivity contribution in [2.75, 3.05) is 11.9 Å². The zero-order valence-electron chi connectivity index (χ0n) is 16.8. The minimum atomic E-state index is -3.78. The molecule has 10 heteroatoms. The lowest BCUT2D eigenvalue weighted by Gasteiger charge is -2.16. The minimum absolute atomic E-state index is 0.0593. The lowest BCUT2D eigenvalue weighted by Crippen LogP contribution is -2.30. The molecule has 0 bridgehead atoms. The van der Waals surface area contributed by atoms with Gasteiger partial charge in [0.15, 0.2) is 11.5 Å². The topological polar surface area (TPSA) is 63.2 Å². The summed E-state index contributed by atoms with van der Waals surface area (Å²) in [7, 11) is 0. The second kappa shape index (κ2) is 7.80. The Bertz CT molecular complexity index is 1260. The van der Waals surface area contributed by atoms with Gasteiger partial charge in [0.1, 0.15) is 11.6 Å². The molecular formula is C23H15F4N3O3. The minimum Gasteiger partial charge on any atom is -0.395 e. The number of ether oxygens (including phenoxy) is 2. The number of urea groups is 1. The van der Waals surface area contributed by atoms with E-state index in [1.54, 1.807) is 24.3 Å². The lowest BCUT2D eigenvalue weighted by molar-refractivity contribution is -0.286. The van der Waals surface area contributed by atoms with Gasteiger partial charge in [0, 0.05) is 23.2 Å². The third-order valence-electron chi connectivity index (χ3n) is 5.22. The lowest BCUT2D eigenvalue weighted by atomic mass is 9.90. The summed E-state index contributed by atoms with van der Waals surface area (Å²) in [6.07, 6.45) is -3.78. The van der Waals surface area contributed by atoms with Crippen molar-refractivity contribution in [1.29, 1.82) is 0 Å². The highest BCUT2D eigenvalue weighted by Crippen LogP contribution is 2.42. The molecule has 6 nitrogen and oxygen atoms in total. The van der Waals surface area contributed by atoms with Crippen LogP contribution < -0.4 is 14.8 Å². The number of carbonyl (C=O) groups is 1. The Morgan fingerprint density at radius 1 is 1.00 bits per heavy atom. The fourth-order valence-corrected chi connectivity index (χ4v) is 3.71. The van der Waals surface area contributed by atoms with Crippen LogP contribution in [-0.2, 0) is 0 Å². The summed E-state index contributed by atoms with van der Waals surface area (Å²) in [5.74, 6) is -1.83. The summed E-state index contributed by atoms with van der Waals surface area (Å²) in [5, 5.41) is 7.98. The second-order valence-corrected chi connectivity index (χ2v) is 7.41. The molecule has 2 amide bonds. The van der Waals surface area contributed by atoms with Gasteiger partial charge in [-0.25, -0.2) is 18.6 Å². The van der Waals surface area contributed by atoms with E-state index in [1.807, 2.05) is 0 Å². The first kappa shape index (κ1) is 20.8. The first-order valence-corrected chi connectivity index (χ1v) is 9.86. The number of nitrogens with zero attached hydrogens (tertiary/aromatic N) is 2. The number of benzene rings is 3. The molecule has 168 valence electrons. The van der Waals surface area contributed by atoms with E-state index in [0.717, 1.165) is 5.01 Å². The fraction of sp³-hybridized carbons (Fsp3) is 0.130. The normalized spacial score (nSPS) is 18.2. The maximum Gasteiger partial charge on any atom is 0.586 e. The Labute approximate surface area is 185 Å². The standard InChI is InChI=1S/C23H15F4N3O3/c24-14-7-5-13(6-8-14)17-12-30(29-21(17)16-3-1-2-4-18(16)25)22(31)28-15-9-10-19-20(11-15)33-23(26,27)32-19/h1-11,17H,12H2,(H,28,31). The Kier molecular flexibility index (Phi) is 4.92. The molecule has 0 saturated carbocycles. The molecule has 0 aliphatic carbocycles. The van der Waals surface area contributed by atoms with Crippen molar-refractivity contribution in [3.63, 3.8) is 0 Å². The highest BCUT2D eigenvalue weighted by Gasteiger charge is 2.43. The monoisotopic (exact) mass is 457 g/mol. The van der Waals surface area contributed by atoms with E-state index in [-0.39, 0.29) is 29.3 Å². The van der Waals surface area contributed by atoms with Crippen molar-refractivity contribution in [3.8, 4) is 11.5 Å². The number of alkyl halides is 2. The van der Waals surface area contributed by atoms with Gasteiger partial charge in [-0.3, -0.25) is 0 Å². The smallest absolute Gasteiger partial charge is 0.395 e. The first-order chi connectivity index (χ1) is 15.8. The average Bonchev–Trinajstić information content (AvgIpc) is 3.34. The van der Waals surface area contributed by atoms with Crippen LogP contribution in [0.1, 0.15) is 17.0 Å². The van der Waals surface area contributed by atoms with E-state index in [1.165, 1.54) is 42.5 Å². The maximum atomic E-state index is 14.5. The van der Waals surface area contributed by atoms with Gasteiger partial charge < -0.3 is 14.8 Å². The van der Waals surface area contributed by atoms with E-state index >= 15 is 0 Å². The number of anilines is 1. The summed E-state index contributed by atoms with van der Waals surface area (Å²) in [6.45, 7) is 0.0593. The SMILES string of the molecule is O=C(Nc1ccc2c(c1)OC(F)(F)O2)N1CC(c2ccc(F)cc2)C(c2ccccc2F)=N1. The molecule has 0 saturated heterocycles. The Morgan fingerprint density at radius 2 is 1.73 bits per heavy atom. The van der Waals surface area contributed by atoms with Crippen LogP contribution in [0.3, 0.4) is 0 Å². The van der Waals surface area contributed by atoms with Crippen LogP contribution in [-0.4, -0.2) is 29.6 Å². The zero-order valence-corrected chi connectivity index (χ0v) is 16.8. The van der Waals surface area contributed by atoms with Crippen molar-refractivity contribution < 1.29 is 31.8 Å². The number of rotatable bonds is 3. The summed E-state index contributed by atoms with van der Waals surface area (Å²) in [6, 6.07) is 14.8. The van der Waals surface area contributed by atoms with Gasteiger partial charge in [-0.15, -0.1) is 8.78 Å². The summed E-state index contributed by atoms with van der Waals surface area (Å²) >= 11 is 0. The molecule has 3 aromatic rings. The van der Waals surface area contributed by atoms with Gasteiger partial charge in [-0.1, -0.05) is 30.3 Å². The Hall–Kier alpha value is -4.08. The fourth-order valence-electron chi connectivity index (χ4n) is 3.71. The van der Waals surface area contributed by atoms with Gasteiger partial charge in [0.2, 0.25) is 0 Å². The van der Waals surface area contributed by atoms with Crippen LogP contribution in [0, 0.1) is 11.6 Å². The number of hydrazone groups is 1. The van der Waals surface area contributed by atoms with E-state index in [0.29, 0.717) is 11.3 Å². The number of hydrogen-bond acceptors (Lipinski definition) is 4. The van der Waals surface area contributed by atoms with Gasteiger partial charge in [0.25, 0.3) is 0 Å². The molecule has 2 aliphatic heterocycles. The Balaban J connectivity index is 1.42. The third-order valence-corrected chi connectivity index (χ3v) is 5.22. The third kappa shape index (κ3) is 4.07. The van der Waals surface area contributed by atoms with E-state index in [4.69, 9.17) is 0 Å². The van der Waals surface area contributed by atoms with Gasteiger partial charge in [-0.05, 0) is 35.9 Å². The molecule has 33 heavy (non-hydrogen) atoms. The van der Waals surface area contributed by atoms with Crippen LogP contribution >= 0.6 is 0 Å². The molecule has 0 radical (unpaired) electrons. The van der Waals surface area contributed by atoms with Crippen LogP contribution in [0.25, 0.3) is 0 Å². The summed E-state index contributed by atoms with van der Waals surface area (Å²) < 4.78 is 63.1. The molecular weight excluding hydrogens is 442 g/mol. The number of amides is 2. The van der Waals surface area contributed by atoms with Crippen LogP contribution in [0.15, 0.2) is 71.8 Å². The van der Waals surface area contributed by atoms with E-state index < -0.39 is 29.9 Å². The highest BCUT2D eigenvalue weighted by molar-refractivity contribution is 6.08. The number of carbonyl (C=O) groups excluding carboxylic acids is 1. The number of hydrogen-bond donors (Lipinski definition) is 1. The predicted molar refractivity (Wildman–Crippen MR) is 110 cm³/mol. The maximum absolute atomic E-state index is 14.5. The molecule has 0 fully saturated rings. The predicted octanol–water partition coefficient (Wildman–Crippen LogP) is 5.32. The van der Waals surface area contributed by atoms with Gasteiger partial charge >= 0.3 is 12.3 Å². The highest BCUT2D eigenvalue weighted by atomic mass is 19.3. The molecule has 2 aliphatic rings. The van der Waals surface area contributed by atoms with E-state index in [9.17, 15) is 22.4 Å². The molecule has 5 rings (SSSR count). The molecule has 1 unspecified atom stereocenters. The van der Waals surface area contributed by atoms with Crippen molar-refractivity contribution >= 4 is 17.4 Å². The van der Waals surface area contributed by atoms with Crippen molar-refractivity contribution in [2.24, 2.45) is 5.10 Å². The van der Waals surface area contributed by atoms with Crippen molar-refractivity contribution in [2.45, 2.75) is 12.2 Å². The van der Waals surface area contributed by atoms with Crippen LogP contribution in [0.5, 0.6) is 11.5 Å². The average molecular weight is 457 g/mol. The summed E-state index contributed by atoms with van der Waals surface area (Å²) in [4.78, 5) is 12.9. The zero-order chi connectivity index (χ0) is 23.2. The molecule has 2 heterocycles. The first-order valence-electron chi connectivity index (χ1n) is 9.86.